The molecule has 2 rings (SSSR count). The molecular weight excluding hydrogens is 233 g/mol. The SMILES string of the molecule is Fc1cc(CCl)cc(N2CCSCC2)c1. The van der Waals surface area contributed by atoms with Gasteiger partial charge >= 0.3 is 0 Å². The number of rotatable bonds is 2. The van der Waals surface area contributed by atoms with Crippen LogP contribution in [0.5, 0.6) is 0 Å². The van der Waals surface area contributed by atoms with E-state index < -0.39 is 0 Å². The van der Waals surface area contributed by atoms with Gasteiger partial charge in [0.05, 0.1) is 0 Å². The Balaban J connectivity index is 2.22. The van der Waals surface area contributed by atoms with Gasteiger partial charge in [0.1, 0.15) is 5.82 Å². The van der Waals surface area contributed by atoms with Gasteiger partial charge in [-0.15, -0.1) is 11.6 Å². The Kier molecular flexibility index (Phi) is 3.76. The Morgan fingerprint density at radius 1 is 1.27 bits per heavy atom. The number of alkyl halides is 1. The summed E-state index contributed by atoms with van der Waals surface area (Å²) in [7, 11) is 0. The molecule has 0 spiro atoms. The molecule has 0 unspecified atom stereocenters. The lowest BCUT2D eigenvalue weighted by Gasteiger charge is -2.28. The maximum atomic E-state index is 13.3. The zero-order valence-corrected chi connectivity index (χ0v) is 9.95. The molecule has 1 aromatic carbocycles. The van der Waals surface area contributed by atoms with Crippen LogP contribution in [0.1, 0.15) is 5.56 Å². The molecule has 0 saturated carbocycles. The number of hydrogen-bond acceptors (Lipinski definition) is 2. The Labute approximate surface area is 98.6 Å². The molecule has 1 aliphatic rings. The first-order chi connectivity index (χ1) is 7.29. The Morgan fingerprint density at radius 2 is 2.00 bits per heavy atom. The van der Waals surface area contributed by atoms with Crippen molar-refractivity contribution in [3.05, 3.63) is 29.6 Å². The number of hydrogen-bond donors (Lipinski definition) is 0. The highest BCUT2D eigenvalue weighted by atomic mass is 35.5. The summed E-state index contributed by atoms with van der Waals surface area (Å²) in [6.07, 6.45) is 0. The van der Waals surface area contributed by atoms with E-state index in [2.05, 4.69) is 4.90 Å². The second kappa shape index (κ2) is 5.08. The average molecular weight is 246 g/mol. The summed E-state index contributed by atoms with van der Waals surface area (Å²) >= 11 is 7.67. The molecule has 0 radical (unpaired) electrons. The van der Waals surface area contributed by atoms with Gasteiger partial charge in [-0.2, -0.15) is 11.8 Å². The summed E-state index contributed by atoms with van der Waals surface area (Å²) < 4.78 is 13.3. The Bertz CT molecular complexity index is 339. The monoisotopic (exact) mass is 245 g/mol. The van der Waals surface area contributed by atoms with Crippen molar-refractivity contribution in [3.8, 4) is 0 Å². The number of thioether (sulfide) groups is 1. The average Bonchev–Trinajstić information content (AvgIpc) is 2.29. The maximum absolute atomic E-state index is 13.3. The number of halogens is 2. The molecule has 1 aromatic rings. The van der Waals surface area contributed by atoms with E-state index in [0.29, 0.717) is 5.88 Å². The lowest BCUT2D eigenvalue weighted by molar-refractivity contribution is 0.625. The molecule has 82 valence electrons. The van der Waals surface area contributed by atoms with Crippen molar-refractivity contribution in [3.63, 3.8) is 0 Å². The van der Waals surface area contributed by atoms with Crippen molar-refractivity contribution in [2.45, 2.75) is 5.88 Å². The molecule has 0 aromatic heterocycles. The second-order valence-corrected chi connectivity index (χ2v) is 5.04. The van der Waals surface area contributed by atoms with E-state index in [0.717, 1.165) is 35.8 Å². The topological polar surface area (TPSA) is 3.24 Å². The lowest BCUT2D eigenvalue weighted by atomic mass is 10.2. The quantitative estimate of drug-likeness (QED) is 0.737. The highest BCUT2D eigenvalue weighted by Crippen LogP contribution is 2.22. The van der Waals surface area contributed by atoms with E-state index in [1.807, 2.05) is 17.8 Å². The van der Waals surface area contributed by atoms with Crippen molar-refractivity contribution in [2.24, 2.45) is 0 Å². The van der Waals surface area contributed by atoms with Gasteiger partial charge < -0.3 is 4.90 Å². The molecule has 0 aliphatic carbocycles. The third-order valence-electron chi connectivity index (χ3n) is 2.47. The van der Waals surface area contributed by atoms with Gasteiger partial charge in [0.15, 0.2) is 0 Å². The molecule has 0 N–H and O–H groups in total. The van der Waals surface area contributed by atoms with Gasteiger partial charge in [0.25, 0.3) is 0 Å². The summed E-state index contributed by atoms with van der Waals surface area (Å²) in [5, 5.41) is 0. The van der Waals surface area contributed by atoms with E-state index >= 15 is 0 Å². The predicted octanol–water partition coefficient (Wildman–Crippen LogP) is 3.12. The third kappa shape index (κ3) is 2.79. The van der Waals surface area contributed by atoms with E-state index in [-0.39, 0.29) is 5.82 Å². The molecule has 15 heavy (non-hydrogen) atoms. The fourth-order valence-corrected chi connectivity index (χ4v) is 2.77. The van der Waals surface area contributed by atoms with Crippen molar-refractivity contribution in [1.82, 2.24) is 0 Å². The van der Waals surface area contributed by atoms with Crippen LogP contribution in [0.25, 0.3) is 0 Å². The van der Waals surface area contributed by atoms with Crippen LogP contribution in [-0.2, 0) is 5.88 Å². The molecule has 1 saturated heterocycles. The minimum Gasteiger partial charge on any atom is -0.370 e. The molecule has 1 aliphatic heterocycles. The summed E-state index contributed by atoms with van der Waals surface area (Å²) in [4.78, 5) is 2.22. The second-order valence-electron chi connectivity index (χ2n) is 3.55. The minimum absolute atomic E-state index is 0.193. The van der Waals surface area contributed by atoms with Gasteiger partial charge in [-0.25, -0.2) is 4.39 Å². The number of nitrogens with zero attached hydrogens (tertiary/aromatic N) is 1. The molecule has 0 bridgehead atoms. The predicted molar refractivity (Wildman–Crippen MR) is 65.5 cm³/mol. The van der Waals surface area contributed by atoms with Crippen LogP contribution < -0.4 is 4.90 Å². The van der Waals surface area contributed by atoms with Crippen LogP contribution in [0.2, 0.25) is 0 Å². The van der Waals surface area contributed by atoms with Crippen LogP contribution in [0, 0.1) is 5.82 Å². The van der Waals surface area contributed by atoms with Crippen LogP contribution in [0.4, 0.5) is 10.1 Å². The third-order valence-corrected chi connectivity index (χ3v) is 3.72. The molecule has 0 atom stereocenters. The minimum atomic E-state index is -0.193. The van der Waals surface area contributed by atoms with Crippen molar-refractivity contribution in [1.29, 1.82) is 0 Å². The molecular formula is C11H13ClFNS. The molecule has 1 fully saturated rings. The largest absolute Gasteiger partial charge is 0.370 e. The van der Waals surface area contributed by atoms with Crippen LogP contribution in [0.3, 0.4) is 0 Å². The maximum Gasteiger partial charge on any atom is 0.125 e. The van der Waals surface area contributed by atoms with Gasteiger partial charge in [-0.1, -0.05) is 0 Å². The lowest BCUT2D eigenvalue weighted by Crippen LogP contribution is -2.32. The first-order valence-corrected chi connectivity index (χ1v) is 6.66. The van der Waals surface area contributed by atoms with Crippen molar-refractivity contribution < 1.29 is 4.39 Å². The molecule has 0 amide bonds. The molecule has 4 heteroatoms. The summed E-state index contributed by atoms with van der Waals surface area (Å²) in [5.74, 6) is 2.41. The summed E-state index contributed by atoms with van der Waals surface area (Å²) in [6, 6.07) is 5.06. The normalized spacial score (nSPS) is 16.8. The first-order valence-electron chi connectivity index (χ1n) is 4.98. The molecule has 1 nitrogen and oxygen atoms in total. The van der Waals surface area contributed by atoms with Gasteiger partial charge in [-0.05, 0) is 23.8 Å². The molecule has 1 heterocycles. The van der Waals surface area contributed by atoms with E-state index in [1.165, 1.54) is 6.07 Å². The fourth-order valence-electron chi connectivity index (χ4n) is 1.71. The first kappa shape index (κ1) is 11.1. The standard InChI is InChI=1S/C11H13ClFNS/c12-8-9-5-10(13)7-11(6-9)14-1-3-15-4-2-14/h5-7H,1-4,8H2. The van der Waals surface area contributed by atoms with Crippen molar-refractivity contribution >= 4 is 29.1 Å². The Hall–Kier alpha value is -0.410. The van der Waals surface area contributed by atoms with Crippen LogP contribution >= 0.6 is 23.4 Å². The highest BCUT2D eigenvalue weighted by molar-refractivity contribution is 7.99. The summed E-state index contributed by atoms with van der Waals surface area (Å²) in [6.45, 7) is 1.99. The van der Waals surface area contributed by atoms with Gasteiger partial charge in [0.2, 0.25) is 0 Å². The van der Waals surface area contributed by atoms with Crippen LogP contribution in [0.15, 0.2) is 18.2 Å². The van der Waals surface area contributed by atoms with Crippen LogP contribution in [-0.4, -0.2) is 24.6 Å². The number of benzene rings is 1. The van der Waals surface area contributed by atoms with Gasteiger partial charge in [-0.3, -0.25) is 0 Å². The zero-order valence-electron chi connectivity index (χ0n) is 8.38. The zero-order chi connectivity index (χ0) is 10.7. The summed E-state index contributed by atoms with van der Waals surface area (Å²) in [5.41, 5.74) is 1.82. The Morgan fingerprint density at radius 3 is 2.67 bits per heavy atom. The highest BCUT2D eigenvalue weighted by Gasteiger charge is 2.12. The number of anilines is 1. The van der Waals surface area contributed by atoms with Gasteiger partial charge in [0, 0.05) is 36.2 Å². The van der Waals surface area contributed by atoms with E-state index in [4.69, 9.17) is 11.6 Å². The van der Waals surface area contributed by atoms with Crippen molar-refractivity contribution in [2.75, 3.05) is 29.5 Å². The fraction of sp³-hybridized carbons (Fsp3) is 0.455. The smallest absolute Gasteiger partial charge is 0.125 e. The van der Waals surface area contributed by atoms with E-state index in [1.54, 1.807) is 6.07 Å². The van der Waals surface area contributed by atoms with E-state index in [9.17, 15) is 4.39 Å².